The molecular formula is C24H37N3O7S. The lowest BCUT2D eigenvalue weighted by atomic mass is 9.93. The number of likely N-dealkylation sites (tertiary alicyclic amines) is 1. The van der Waals surface area contributed by atoms with Crippen LogP contribution in [-0.2, 0) is 36.1 Å². The number of esters is 2. The Bertz CT molecular complexity index is 1070. The second kappa shape index (κ2) is 11.1. The van der Waals surface area contributed by atoms with Crippen molar-refractivity contribution >= 4 is 27.9 Å². The Morgan fingerprint density at radius 2 is 1.54 bits per heavy atom. The summed E-state index contributed by atoms with van der Waals surface area (Å²) < 4.78 is 40.8. The Morgan fingerprint density at radius 1 is 0.914 bits per heavy atom. The number of hydrogen-bond acceptors (Lipinski definition) is 7. The van der Waals surface area contributed by atoms with Crippen LogP contribution in [0.15, 0.2) is 4.90 Å². The summed E-state index contributed by atoms with van der Waals surface area (Å²) in [6, 6.07) is 0. The molecule has 2 aliphatic heterocycles. The third-order valence-electron chi connectivity index (χ3n) is 7.16. The fraction of sp³-hybridized carbons (Fsp3) is 0.708. The third-order valence-corrected chi connectivity index (χ3v) is 9.19. The van der Waals surface area contributed by atoms with Gasteiger partial charge in [0.15, 0.2) is 0 Å². The van der Waals surface area contributed by atoms with E-state index in [9.17, 15) is 22.8 Å². The number of ether oxygens (including phenoxy) is 2. The molecule has 3 rings (SSSR count). The van der Waals surface area contributed by atoms with Crippen LogP contribution in [0.25, 0.3) is 0 Å². The zero-order valence-electron chi connectivity index (χ0n) is 21.3. The molecule has 2 fully saturated rings. The minimum absolute atomic E-state index is 0.0423. The van der Waals surface area contributed by atoms with Gasteiger partial charge in [0.1, 0.15) is 10.5 Å². The molecule has 2 aliphatic rings. The summed E-state index contributed by atoms with van der Waals surface area (Å²) >= 11 is 0. The van der Waals surface area contributed by atoms with Crippen molar-refractivity contribution in [2.45, 2.75) is 58.3 Å². The van der Waals surface area contributed by atoms with Crippen molar-refractivity contribution in [2.24, 2.45) is 18.9 Å². The molecular weight excluding hydrogens is 474 g/mol. The molecule has 0 spiro atoms. The molecule has 0 radical (unpaired) electrons. The molecule has 35 heavy (non-hydrogen) atoms. The predicted octanol–water partition coefficient (Wildman–Crippen LogP) is 2.02. The van der Waals surface area contributed by atoms with Gasteiger partial charge in [-0.2, -0.15) is 4.31 Å². The van der Waals surface area contributed by atoms with E-state index < -0.39 is 21.9 Å². The lowest BCUT2D eigenvalue weighted by Gasteiger charge is -2.37. The number of hydrogen-bond donors (Lipinski definition) is 0. The molecule has 3 heterocycles. The molecule has 11 heteroatoms. The van der Waals surface area contributed by atoms with E-state index in [1.165, 1.54) is 4.31 Å². The summed E-state index contributed by atoms with van der Waals surface area (Å²) in [6.45, 7) is 8.54. The standard InChI is InChI=1S/C24H37N3O7S/c1-6-33-23(29)18-10-13-26(14-11-18)22(28)19-9-8-12-27(15-19)35(31,32)21-17(4)25(5)16(3)20(21)24(30)34-7-2/h18-19H,6-15H2,1-5H3. The van der Waals surface area contributed by atoms with Crippen molar-refractivity contribution < 1.29 is 32.3 Å². The second-order valence-electron chi connectivity index (χ2n) is 9.21. The zero-order chi connectivity index (χ0) is 25.9. The molecule has 1 amide bonds. The van der Waals surface area contributed by atoms with Crippen molar-refractivity contribution in [2.75, 3.05) is 39.4 Å². The van der Waals surface area contributed by atoms with Crippen molar-refractivity contribution in [3.05, 3.63) is 17.0 Å². The van der Waals surface area contributed by atoms with Gasteiger partial charge in [-0.1, -0.05) is 0 Å². The first-order valence-electron chi connectivity index (χ1n) is 12.3. The Morgan fingerprint density at radius 3 is 2.14 bits per heavy atom. The fourth-order valence-corrected chi connectivity index (χ4v) is 7.02. The van der Waals surface area contributed by atoms with Crippen molar-refractivity contribution in [1.82, 2.24) is 13.8 Å². The molecule has 0 aliphatic carbocycles. The normalized spacial score (nSPS) is 20.0. The monoisotopic (exact) mass is 511 g/mol. The van der Waals surface area contributed by atoms with Gasteiger partial charge in [0.05, 0.1) is 25.0 Å². The number of nitrogens with zero attached hydrogens (tertiary/aromatic N) is 3. The van der Waals surface area contributed by atoms with Crippen LogP contribution in [0.4, 0.5) is 0 Å². The van der Waals surface area contributed by atoms with Crippen LogP contribution < -0.4 is 0 Å². The Labute approximate surface area is 207 Å². The van der Waals surface area contributed by atoms with Crippen molar-refractivity contribution in [3.63, 3.8) is 0 Å². The molecule has 1 unspecified atom stereocenters. The summed E-state index contributed by atoms with van der Waals surface area (Å²) in [6.07, 6.45) is 2.24. The summed E-state index contributed by atoms with van der Waals surface area (Å²) in [4.78, 5) is 39.6. The molecule has 196 valence electrons. The topological polar surface area (TPSA) is 115 Å². The molecule has 2 saturated heterocycles. The van der Waals surface area contributed by atoms with E-state index in [1.807, 2.05) is 0 Å². The first-order chi connectivity index (χ1) is 16.5. The van der Waals surface area contributed by atoms with Crippen LogP contribution >= 0.6 is 0 Å². The van der Waals surface area contributed by atoms with Crippen LogP contribution in [0.3, 0.4) is 0 Å². The van der Waals surface area contributed by atoms with E-state index in [2.05, 4.69) is 0 Å². The third kappa shape index (κ3) is 5.40. The van der Waals surface area contributed by atoms with Crippen LogP contribution in [0.1, 0.15) is 61.3 Å². The summed E-state index contributed by atoms with van der Waals surface area (Å²) in [7, 11) is -2.31. The second-order valence-corrected chi connectivity index (χ2v) is 11.1. The van der Waals surface area contributed by atoms with Gasteiger partial charge in [0, 0.05) is 44.6 Å². The minimum Gasteiger partial charge on any atom is -0.466 e. The van der Waals surface area contributed by atoms with Gasteiger partial charge in [-0.25, -0.2) is 13.2 Å². The smallest absolute Gasteiger partial charge is 0.341 e. The number of amides is 1. The van der Waals surface area contributed by atoms with Crippen LogP contribution in [0, 0.1) is 25.7 Å². The van der Waals surface area contributed by atoms with Crippen LogP contribution in [0.2, 0.25) is 0 Å². The number of sulfonamides is 1. The number of aromatic nitrogens is 1. The highest BCUT2D eigenvalue weighted by atomic mass is 32.2. The van der Waals surface area contributed by atoms with E-state index in [0.29, 0.717) is 56.8 Å². The summed E-state index contributed by atoms with van der Waals surface area (Å²) in [5.41, 5.74) is 1.04. The highest BCUT2D eigenvalue weighted by molar-refractivity contribution is 7.89. The molecule has 0 saturated carbocycles. The average Bonchev–Trinajstić information content (AvgIpc) is 3.08. The van der Waals surface area contributed by atoms with Crippen LogP contribution in [0.5, 0.6) is 0 Å². The lowest BCUT2D eigenvalue weighted by Crippen LogP contribution is -2.49. The molecule has 0 aromatic carbocycles. The largest absolute Gasteiger partial charge is 0.466 e. The van der Waals surface area contributed by atoms with E-state index in [0.717, 1.165) is 0 Å². The summed E-state index contributed by atoms with van der Waals surface area (Å²) in [5, 5.41) is 0. The molecule has 10 nitrogen and oxygen atoms in total. The quantitative estimate of drug-likeness (QED) is 0.514. The van der Waals surface area contributed by atoms with Crippen LogP contribution in [-0.4, -0.2) is 79.4 Å². The number of rotatable bonds is 7. The maximum atomic E-state index is 13.8. The molecule has 1 aromatic rings. The van der Waals surface area contributed by atoms with Gasteiger partial charge in [-0.05, 0) is 53.4 Å². The van der Waals surface area contributed by atoms with Gasteiger partial charge < -0.3 is 18.9 Å². The molecule has 1 atom stereocenters. The van der Waals surface area contributed by atoms with E-state index in [1.54, 1.807) is 44.2 Å². The van der Waals surface area contributed by atoms with Gasteiger partial charge in [0.25, 0.3) is 0 Å². The maximum absolute atomic E-state index is 13.8. The van der Waals surface area contributed by atoms with Crippen molar-refractivity contribution in [1.29, 1.82) is 0 Å². The highest BCUT2D eigenvalue weighted by Crippen LogP contribution is 2.33. The van der Waals surface area contributed by atoms with Gasteiger partial charge in [-0.3, -0.25) is 9.59 Å². The van der Waals surface area contributed by atoms with Crippen molar-refractivity contribution in [3.8, 4) is 0 Å². The van der Waals surface area contributed by atoms with E-state index in [4.69, 9.17) is 9.47 Å². The number of piperidine rings is 2. The Balaban J connectivity index is 1.77. The van der Waals surface area contributed by atoms with E-state index in [-0.39, 0.29) is 47.9 Å². The summed E-state index contributed by atoms with van der Waals surface area (Å²) in [5.74, 6) is -1.64. The highest BCUT2D eigenvalue weighted by Gasteiger charge is 2.40. The molecule has 0 bridgehead atoms. The Hall–Kier alpha value is -2.40. The predicted molar refractivity (Wildman–Crippen MR) is 128 cm³/mol. The van der Waals surface area contributed by atoms with Gasteiger partial charge in [-0.15, -0.1) is 0 Å². The maximum Gasteiger partial charge on any atom is 0.341 e. The average molecular weight is 512 g/mol. The van der Waals surface area contributed by atoms with E-state index >= 15 is 0 Å². The lowest BCUT2D eigenvalue weighted by molar-refractivity contribution is -0.152. The number of carbonyl (C=O) groups is 3. The Kier molecular flexibility index (Phi) is 8.63. The number of carbonyl (C=O) groups excluding carboxylic acids is 3. The SMILES string of the molecule is CCOC(=O)c1c(S(=O)(=O)N2CCCC(C(=O)N3CCC(C(=O)OCC)CC3)C2)c(C)n(C)c1C. The van der Waals surface area contributed by atoms with Gasteiger partial charge in [0.2, 0.25) is 15.9 Å². The zero-order valence-corrected chi connectivity index (χ0v) is 22.1. The molecule has 1 aromatic heterocycles. The first kappa shape index (κ1) is 27.2. The molecule has 0 N–H and O–H groups in total. The minimum atomic E-state index is -4.03. The van der Waals surface area contributed by atoms with Gasteiger partial charge >= 0.3 is 11.9 Å². The fourth-order valence-electron chi connectivity index (χ4n) is 5.02. The first-order valence-corrected chi connectivity index (χ1v) is 13.8.